The summed E-state index contributed by atoms with van der Waals surface area (Å²) in [5.41, 5.74) is 0.100. The van der Waals surface area contributed by atoms with Crippen LogP contribution in [-0.4, -0.2) is 42.2 Å². The van der Waals surface area contributed by atoms with E-state index in [4.69, 9.17) is 0 Å². The summed E-state index contributed by atoms with van der Waals surface area (Å²) in [5, 5.41) is 3.00. The van der Waals surface area contributed by atoms with Gasteiger partial charge in [0.25, 0.3) is 5.91 Å². The lowest BCUT2D eigenvalue weighted by molar-refractivity contribution is -0.137. The van der Waals surface area contributed by atoms with Crippen LogP contribution in [0.15, 0.2) is 47.4 Å². The number of hydrogen-bond donors (Lipinski definition) is 1. The minimum absolute atomic E-state index is 0.101. The van der Waals surface area contributed by atoms with Crippen LogP contribution in [0.4, 0.5) is 17.6 Å². The first-order valence-corrected chi connectivity index (χ1v) is 12.0. The standard InChI is InChI=1S/C24H26F4N2OS/c1-32-21-14-17(24(26,27)28)7-8-19(21)22(31)29-15-23(30-11-2-3-12-30)10-9-20(23)16-5-4-6-18(25)13-16/h4-8,13-14,20H,2-3,9-12,15H2,1H3,(H,29,31). The SMILES string of the molecule is CSc1cc(C(F)(F)F)ccc1C(=O)NCC1(N2CCCC2)CCC1c1cccc(F)c1. The van der Waals surface area contributed by atoms with Gasteiger partial charge >= 0.3 is 6.18 Å². The highest BCUT2D eigenvalue weighted by atomic mass is 32.2. The summed E-state index contributed by atoms with van der Waals surface area (Å²) >= 11 is 1.12. The Labute approximate surface area is 189 Å². The van der Waals surface area contributed by atoms with E-state index in [1.165, 1.54) is 12.1 Å². The maximum Gasteiger partial charge on any atom is 0.416 e. The van der Waals surface area contributed by atoms with E-state index >= 15 is 0 Å². The number of carbonyl (C=O) groups is 1. The molecule has 2 aromatic carbocycles. The van der Waals surface area contributed by atoms with E-state index < -0.39 is 11.7 Å². The van der Waals surface area contributed by atoms with Crippen molar-refractivity contribution in [1.82, 2.24) is 10.2 Å². The zero-order chi connectivity index (χ0) is 22.9. The van der Waals surface area contributed by atoms with E-state index in [9.17, 15) is 22.4 Å². The lowest BCUT2D eigenvalue weighted by atomic mass is 9.62. The molecule has 3 nitrogen and oxygen atoms in total. The molecule has 2 atom stereocenters. The van der Waals surface area contributed by atoms with E-state index in [0.29, 0.717) is 11.4 Å². The largest absolute Gasteiger partial charge is 0.416 e. The Kier molecular flexibility index (Phi) is 6.54. The summed E-state index contributed by atoms with van der Waals surface area (Å²) in [5.74, 6) is -0.557. The van der Waals surface area contributed by atoms with Gasteiger partial charge in [0.15, 0.2) is 0 Å². The van der Waals surface area contributed by atoms with Gasteiger partial charge in [0.1, 0.15) is 5.82 Å². The molecule has 2 fully saturated rings. The Hall–Kier alpha value is -2.06. The van der Waals surface area contributed by atoms with Gasteiger partial charge in [-0.1, -0.05) is 12.1 Å². The summed E-state index contributed by atoms with van der Waals surface area (Å²) in [6.07, 6.45) is 1.17. The third kappa shape index (κ3) is 4.39. The first-order valence-electron chi connectivity index (χ1n) is 10.8. The minimum Gasteiger partial charge on any atom is -0.350 e. The van der Waals surface area contributed by atoms with Crippen molar-refractivity contribution in [3.8, 4) is 0 Å². The van der Waals surface area contributed by atoms with E-state index in [1.54, 1.807) is 18.4 Å². The first-order chi connectivity index (χ1) is 15.2. The van der Waals surface area contributed by atoms with Crippen molar-refractivity contribution in [1.29, 1.82) is 0 Å². The predicted octanol–water partition coefficient (Wildman–Crippen LogP) is 5.71. The number of nitrogens with one attached hydrogen (secondary N) is 1. The Morgan fingerprint density at radius 2 is 1.94 bits per heavy atom. The second-order valence-corrected chi connectivity index (χ2v) is 9.39. The highest BCUT2D eigenvalue weighted by Crippen LogP contribution is 2.50. The fourth-order valence-electron chi connectivity index (χ4n) is 5.07. The molecule has 1 saturated carbocycles. The van der Waals surface area contributed by atoms with Gasteiger partial charge in [-0.15, -0.1) is 11.8 Å². The van der Waals surface area contributed by atoms with E-state index in [-0.39, 0.29) is 28.7 Å². The maximum atomic E-state index is 13.9. The molecule has 2 aliphatic rings. The van der Waals surface area contributed by atoms with Crippen LogP contribution in [0.1, 0.15) is 53.1 Å². The Balaban J connectivity index is 1.56. The molecule has 0 aromatic heterocycles. The van der Waals surface area contributed by atoms with E-state index in [2.05, 4.69) is 10.2 Å². The van der Waals surface area contributed by atoms with Crippen molar-refractivity contribution in [3.05, 3.63) is 65.0 Å². The molecular weight excluding hydrogens is 440 g/mol. The van der Waals surface area contributed by atoms with Crippen molar-refractivity contribution < 1.29 is 22.4 Å². The van der Waals surface area contributed by atoms with Gasteiger partial charge in [0.2, 0.25) is 0 Å². The van der Waals surface area contributed by atoms with Crippen molar-refractivity contribution in [2.75, 3.05) is 25.9 Å². The molecule has 32 heavy (non-hydrogen) atoms. The quantitative estimate of drug-likeness (QED) is 0.437. The van der Waals surface area contributed by atoms with Crippen molar-refractivity contribution >= 4 is 17.7 Å². The van der Waals surface area contributed by atoms with Crippen LogP contribution in [0, 0.1) is 5.82 Å². The summed E-state index contributed by atoms with van der Waals surface area (Å²) in [6, 6.07) is 9.86. The molecule has 172 valence electrons. The number of likely N-dealkylation sites (tertiary alicyclic amines) is 1. The van der Waals surface area contributed by atoms with Crippen molar-refractivity contribution in [2.24, 2.45) is 0 Å². The van der Waals surface area contributed by atoms with Crippen LogP contribution in [0.25, 0.3) is 0 Å². The van der Waals surface area contributed by atoms with Crippen LogP contribution >= 0.6 is 11.8 Å². The topological polar surface area (TPSA) is 32.3 Å². The monoisotopic (exact) mass is 466 g/mol. The molecule has 0 spiro atoms. The normalized spacial score (nSPS) is 23.7. The molecular formula is C24H26F4N2OS. The lowest BCUT2D eigenvalue weighted by Crippen LogP contribution is -2.63. The molecule has 2 unspecified atom stereocenters. The lowest BCUT2D eigenvalue weighted by Gasteiger charge is -2.55. The van der Waals surface area contributed by atoms with Gasteiger partial charge in [0.05, 0.1) is 11.1 Å². The molecule has 2 aromatic rings. The summed E-state index contributed by atoms with van der Waals surface area (Å²) in [6.45, 7) is 2.23. The number of benzene rings is 2. The molecule has 1 N–H and O–H groups in total. The van der Waals surface area contributed by atoms with Crippen molar-refractivity contribution in [2.45, 2.75) is 48.2 Å². The molecule has 1 heterocycles. The number of carbonyl (C=O) groups excluding carboxylic acids is 1. The highest BCUT2D eigenvalue weighted by Gasteiger charge is 2.52. The second kappa shape index (κ2) is 9.06. The van der Waals surface area contributed by atoms with Crippen LogP contribution in [-0.2, 0) is 6.18 Å². The van der Waals surface area contributed by atoms with Gasteiger partial charge in [-0.3, -0.25) is 9.69 Å². The maximum absolute atomic E-state index is 13.9. The van der Waals surface area contributed by atoms with Crippen LogP contribution < -0.4 is 5.32 Å². The number of hydrogen-bond acceptors (Lipinski definition) is 3. The second-order valence-electron chi connectivity index (χ2n) is 8.54. The zero-order valence-corrected chi connectivity index (χ0v) is 18.7. The third-order valence-corrected chi connectivity index (χ3v) is 7.61. The number of nitrogens with zero attached hydrogens (tertiary/aromatic N) is 1. The molecule has 1 aliphatic carbocycles. The van der Waals surface area contributed by atoms with Gasteiger partial charge in [-0.2, -0.15) is 13.2 Å². The Morgan fingerprint density at radius 3 is 2.53 bits per heavy atom. The number of rotatable bonds is 6. The molecule has 0 bridgehead atoms. The van der Waals surface area contributed by atoms with Gasteiger partial charge in [0, 0.05) is 22.9 Å². The third-order valence-electron chi connectivity index (χ3n) is 6.83. The van der Waals surface area contributed by atoms with Crippen LogP contribution in [0.3, 0.4) is 0 Å². The average molecular weight is 467 g/mol. The van der Waals surface area contributed by atoms with E-state index in [0.717, 1.165) is 68.2 Å². The first kappa shape index (κ1) is 23.1. The Morgan fingerprint density at radius 1 is 1.19 bits per heavy atom. The summed E-state index contributed by atoms with van der Waals surface area (Å²) in [7, 11) is 0. The molecule has 4 rings (SSSR count). The highest BCUT2D eigenvalue weighted by molar-refractivity contribution is 7.98. The van der Waals surface area contributed by atoms with Gasteiger partial charge < -0.3 is 5.32 Å². The van der Waals surface area contributed by atoms with Crippen LogP contribution in [0.2, 0.25) is 0 Å². The fourth-order valence-corrected chi connectivity index (χ4v) is 5.70. The smallest absolute Gasteiger partial charge is 0.350 e. The fraction of sp³-hybridized carbons (Fsp3) is 0.458. The number of halogens is 4. The Bertz CT molecular complexity index is 990. The van der Waals surface area contributed by atoms with Crippen LogP contribution in [0.5, 0.6) is 0 Å². The predicted molar refractivity (Wildman–Crippen MR) is 117 cm³/mol. The van der Waals surface area contributed by atoms with Gasteiger partial charge in [-0.25, -0.2) is 4.39 Å². The minimum atomic E-state index is -4.45. The van der Waals surface area contributed by atoms with E-state index in [1.807, 2.05) is 6.07 Å². The molecule has 8 heteroatoms. The summed E-state index contributed by atoms with van der Waals surface area (Å²) in [4.78, 5) is 15.7. The molecule has 1 saturated heterocycles. The number of alkyl halides is 3. The van der Waals surface area contributed by atoms with Crippen molar-refractivity contribution in [3.63, 3.8) is 0 Å². The average Bonchev–Trinajstić information content (AvgIpc) is 3.27. The van der Waals surface area contributed by atoms with Gasteiger partial charge in [-0.05, 0) is 80.9 Å². The molecule has 1 aliphatic heterocycles. The molecule has 0 radical (unpaired) electrons. The zero-order valence-electron chi connectivity index (χ0n) is 17.8. The number of amides is 1. The summed E-state index contributed by atoms with van der Waals surface area (Å²) < 4.78 is 53.1. The molecule has 1 amide bonds. The number of thioether (sulfide) groups is 1.